The fourth-order valence-corrected chi connectivity index (χ4v) is 3.48. The van der Waals surface area contributed by atoms with Gasteiger partial charge in [0.15, 0.2) is 0 Å². The van der Waals surface area contributed by atoms with E-state index in [2.05, 4.69) is 12.0 Å². The van der Waals surface area contributed by atoms with Gasteiger partial charge < -0.3 is 5.73 Å². The van der Waals surface area contributed by atoms with E-state index in [1.165, 1.54) is 37.8 Å². The van der Waals surface area contributed by atoms with Gasteiger partial charge in [-0.2, -0.15) is 5.10 Å². The number of nitrogens with two attached hydrogens (primary N) is 1. The van der Waals surface area contributed by atoms with Crippen molar-refractivity contribution in [2.45, 2.75) is 51.9 Å². The molecular weight excluding hydrogens is 246 g/mol. The second-order valence-corrected chi connectivity index (χ2v) is 6.00. The molecule has 1 heterocycles. The second-order valence-electron chi connectivity index (χ2n) is 5.63. The van der Waals surface area contributed by atoms with E-state index in [1.54, 1.807) is 0 Å². The molecule has 0 saturated heterocycles. The van der Waals surface area contributed by atoms with E-state index in [0.717, 1.165) is 30.1 Å². The molecule has 1 saturated carbocycles. The molecule has 1 fully saturated rings. The van der Waals surface area contributed by atoms with Gasteiger partial charge in [0.05, 0.1) is 16.4 Å². The molecule has 1 aromatic rings. The molecule has 0 amide bonds. The van der Waals surface area contributed by atoms with Crippen LogP contribution in [0.15, 0.2) is 0 Å². The van der Waals surface area contributed by atoms with Crippen LogP contribution in [-0.4, -0.2) is 16.3 Å². The summed E-state index contributed by atoms with van der Waals surface area (Å²) in [5.41, 5.74) is 8.48. The van der Waals surface area contributed by atoms with Crippen LogP contribution in [0.4, 0.5) is 0 Å². The average molecular weight is 270 g/mol. The predicted octanol–water partition coefficient (Wildman–Crippen LogP) is 3.09. The van der Waals surface area contributed by atoms with Crippen molar-refractivity contribution in [3.63, 3.8) is 0 Å². The van der Waals surface area contributed by atoms with Crippen LogP contribution < -0.4 is 5.73 Å². The summed E-state index contributed by atoms with van der Waals surface area (Å²) in [5.74, 6) is 0. The van der Waals surface area contributed by atoms with Crippen LogP contribution >= 0.6 is 11.6 Å². The zero-order valence-electron chi connectivity index (χ0n) is 11.5. The maximum atomic E-state index is 6.44. The van der Waals surface area contributed by atoms with Gasteiger partial charge in [-0.3, -0.25) is 4.68 Å². The van der Waals surface area contributed by atoms with Crippen molar-refractivity contribution < 1.29 is 0 Å². The third kappa shape index (κ3) is 2.57. The first-order chi connectivity index (χ1) is 8.62. The monoisotopic (exact) mass is 269 g/mol. The highest BCUT2D eigenvalue weighted by Gasteiger charge is 2.33. The molecule has 2 N–H and O–H groups in total. The number of aromatic nitrogens is 2. The predicted molar refractivity (Wildman–Crippen MR) is 75.9 cm³/mol. The molecule has 18 heavy (non-hydrogen) atoms. The summed E-state index contributed by atoms with van der Waals surface area (Å²) in [6.07, 6.45) is 8.27. The van der Waals surface area contributed by atoms with Crippen LogP contribution in [0.3, 0.4) is 0 Å². The van der Waals surface area contributed by atoms with Crippen molar-refractivity contribution in [2.75, 3.05) is 6.54 Å². The lowest BCUT2D eigenvalue weighted by atomic mass is 9.71. The molecule has 3 nitrogen and oxygen atoms in total. The molecule has 1 aliphatic rings. The van der Waals surface area contributed by atoms with Gasteiger partial charge in [0.25, 0.3) is 0 Å². The SMILES string of the molecule is CCc1nn(C)c(CC2(CN)CCCCC2)c1Cl. The maximum Gasteiger partial charge on any atom is 0.0849 e. The Morgan fingerprint density at radius 3 is 2.50 bits per heavy atom. The molecule has 0 unspecified atom stereocenters. The topological polar surface area (TPSA) is 43.8 Å². The summed E-state index contributed by atoms with van der Waals surface area (Å²) < 4.78 is 1.95. The number of aryl methyl sites for hydroxylation is 2. The standard InChI is InChI=1S/C14H24ClN3/c1-3-11-13(15)12(18(2)17-11)9-14(10-16)7-5-4-6-8-14/h3-10,16H2,1-2H3. The first-order valence-electron chi connectivity index (χ1n) is 7.02. The molecule has 1 aliphatic carbocycles. The van der Waals surface area contributed by atoms with Crippen LogP contribution in [0.1, 0.15) is 50.4 Å². The van der Waals surface area contributed by atoms with Crippen molar-refractivity contribution in [2.24, 2.45) is 18.2 Å². The maximum absolute atomic E-state index is 6.44. The van der Waals surface area contributed by atoms with Crippen LogP contribution in [0.2, 0.25) is 5.02 Å². The molecule has 0 aliphatic heterocycles. The Bertz CT molecular complexity index is 405. The molecular formula is C14H24ClN3. The average Bonchev–Trinajstić information content (AvgIpc) is 2.67. The Labute approximate surface area is 115 Å². The number of hydrogen-bond acceptors (Lipinski definition) is 2. The third-order valence-corrected chi connectivity index (χ3v) is 4.83. The second kappa shape index (κ2) is 5.62. The van der Waals surface area contributed by atoms with Gasteiger partial charge in [0.2, 0.25) is 0 Å². The minimum Gasteiger partial charge on any atom is -0.330 e. The quantitative estimate of drug-likeness (QED) is 0.913. The highest BCUT2D eigenvalue weighted by atomic mass is 35.5. The molecule has 2 rings (SSSR count). The Kier molecular flexibility index (Phi) is 4.33. The van der Waals surface area contributed by atoms with Gasteiger partial charge >= 0.3 is 0 Å². The number of hydrogen-bond donors (Lipinski definition) is 1. The van der Waals surface area contributed by atoms with E-state index in [0.29, 0.717) is 0 Å². The van der Waals surface area contributed by atoms with Gasteiger partial charge in [0, 0.05) is 7.05 Å². The largest absolute Gasteiger partial charge is 0.330 e. The molecule has 102 valence electrons. The van der Waals surface area contributed by atoms with E-state index in [-0.39, 0.29) is 5.41 Å². The normalized spacial score (nSPS) is 19.1. The zero-order valence-corrected chi connectivity index (χ0v) is 12.3. The minimum absolute atomic E-state index is 0.251. The van der Waals surface area contributed by atoms with Crippen molar-refractivity contribution in [1.29, 1.82) is 0 Å². The highest BCUT2D eigenvalue weighted by molar-refractivity contribution is 6.31. The Balaban J connectivity index is 2.24. The van der Waals surface area contributed by atoms with E-state index in [9.17, 15) is 0 Å². The Hall–Kier alpha value is -0.540. The van der Waals surface area contributed by atoms with Crippen molar-refractivity contribution in [3.05, 3.63) is 16.4 Å². The van der Waals surface area contributed by atoms with E-state index < -0.39 is 0 Å². The summed E-state index contributed by atoms with van der Waals surface area (Å²) in [6, 6.07) is 0. The van der Waals surface area contributed by atoms with Crippen LogP contribution in [0.25, 0.3) is 0 Å². The Morgan fingerprint density at radius 2 is 2.00 bits per heavy atom. The number of nitrogens with zero attached hydrogens (tertiary/aromatic N) is 2. The van der Waals surface area contributed by atoms with Crippen LogP contribution in [-0.2, 0) is 19.9 Å². The molecule has 0 radical (unpaired) electrons. The highest BCUT2D eigenvalue weighted by Crippen LogP contribution is 2.39. The molecule has 0 aromatic carbocycles. The first kappa shape index (κ1) is 13.9. The first-order valence-corrected chi connectivity index (χ1v) is 7.40. The van der Waals surface area contributed by atoms with Gasteiger partial charge in [-0.15, -0.1) is 0 Å². The summed E-state index contributed by atoms with van der Waals surface area (Å²) in [6.45, 7) is 2.85. The summed E-state index contributed by atoms with van der Waals surface area (Å²) >= 11 is 6.44. The molecule has 0 spiro atoms. The lowest BCUT2D eigenvalue weighted by Crippen LogP contribution is -2.35. The smallest absolute Gasteiger partial charge is 0.0849 e. The molecule has 0 bridgehead atoms. The summed E-state index contributed by atoms with van der Waals surface area (Å²) in [5, 5.41) is 5.36. The van der Waals surface area contributed by atoms with Gasteiger partial charge in [-0.25, -0.2) is 0 Å². The fourth-order valence-electron chi connectivity index (χ4n) is 3.12. The lowest BCUT2D eigenvalue weighted by molar-refractivity contribution is 0.193. The van der Waals surface area contributed by atoms with Crippen LogP contribution in [0, 0.1) is 5.41 Å². The molecule has 0 atom stereocenters. The number of rotatable bonds is 4. The third-order valence-electron chi connectivity index (χ3n) is 4.39. The van der Waals surface area contributed by atoms with Crippen molar-refractivity contribution in [3.8, 4) is 0 Å². The van der Waals surface area contributed by atoms with Gasteiger partial charge in [-0.05, 0) is 37.6 Å². The molecule has 1 aromatic heterocycles. The van der Waals surface area contributed by atoms with E-state index >= 15 is 0 Å². The van der Waals surface area contributed by atoms with Gasteiger partial charge in [-0.1, -0.05) is 37.8 Å². The minimum atomic E-state index is 0.251. The lowest BCUT2D eigenvalue weighted by Gasteiger charge is -2.36. The zero-order chi connectivity index (χ0) is 13.2. The fraction of sp³-hybridized carbons (Fsp3) is 0.786. The van der Waals surface area contributed by atoms with E-state index in [1.807, 2.05) is 11.7 Å². The molecule has 4 heteroatoms. The van der Waals surface area contributed by atoms with Gasteiger partial charge in [0.1, 0.15) is 0 Å². The van der Waals surface area contributed by atoms with Crippen molar-refractivity contribution in [1.82, 2.24) is 9.78 Å². The summed E-state index contributed by atoms with van der Waals surface area (Å²) in [4.78, 5) is 0. The summed E-state index contributed by atoms with van der Waals surface area (Å²) in [7, 11) is 1.99. The Morgan fingerprint density at radius 1 is 1.33 bits per heavy atom. The number of halogens is 1. The van der Waals surface area contributed by atoms with E-state index in [4.69, 9.17) is 17.3 Å². The van der Waals surface area contributed by atoms with Crippen LogP contribution in [0.5, 0.6) is 0 Å². The van der Waals surface area contributed by atoms with Crippen molar-refractivity contribution >= 4 is 11.6 Å².